The summed E-state index contributed by atoms with van der Waals surface area (Å²) in [4.78, 5) is 0. The van der Waals surface area contributed by atoms with E-state index >= 15 is 0 Å². The second kappa shape index (κ2) is 7.42. The molecule has 18 heavy (non-hydrogen) atoms. The molecule has 1 saturated carbocycles. The second-order valence-electron chi connectivity index (χ2n) is 5.19. The third kappa shape index (κ3) is 4.34. The van der Waals surface area contributed by atoms with Crippen LogP contribution in [-0.4, -0.2) is 13.7 Å². The minimum Gasteiger partial charge on any atom is -0.497 e. The van der Waals surface area contributed by atoms with Gasteiger partial charge in [-0.25, -0.2) is 0 Å². The van der Waals surface area contributed by atoms with Crippen LogP contribution in [0.4, 0.5) is 0 Å². The van der Waals surface area contributed by atoms with Crippen molar-refractivity contribution in [3.8, 4) is 5.75 Å². The monoisotopic (exact) mass is 248 g/mol. The minimum absolute atomic E-state index is 0.719. The highest BCUT2D eigenvalue weighted by atomic mass is 16.5. The molecule has 1 aromatic rings. The Morgan fingerprint density at radius 1 is 1.06 bits per heavy atom. The van der Waals surface area contributed by atoms with Crippen LogP contribution in [0.1, 0.15) is 44.1 Å². The number of rotatable bonds is 6. The molecule has 2 nitrogen and oxygen atoms in total. The fourth-order valence-corrected chi connectivity index (χ4v) is 2.64. The number of hydrogen-bond donors (Lipinski definition) is 0. The lowest BCUT2D eigenvalue weighted by atomic mass is 9.87. The van der Waals surface area contributed by atoms with Crippen molar-refractivity contribution in [1.29, 1.82) is 0 Å². The van der Waals surface area contributed by atoms with Crippen molar-refractivity contribution in [2.24, 2.45) is 5.92 Å². The van der Waals surface area contributed by atoms with E-state index in [-0.39, 0.29) is 0 Å². The van der Waals surface area contributed by atoms with Gasteiger partial charge in [-0.1, -0.05) is 44.2 Å². The standard InChI is InChI=1S/C16H24O2/c1-17-16-9-7-15(8-10-16)13-18-12-11-14-5-3-2-4-6-14/h7-10,14H,2-6,11-13H2,1H3. The Hall–Kier alpha value is -1.02. The molecule has 100 valence electrons. The van der Waals surface area contributed by atoms with E-state index in [4.69, 9.17) is 9.47 Å². The Morgan fingerprint density at radius 2 is 1.78 bits per heavy atom. The summed E-state index contributed by atoms with van der Waals surface area (Å²) in [5.41, 5.74) is 1.22. The first-order valence-electron chi connectivity index (χ1n) is 7.09. The molecule has 0 unspecified atom stereocenters. The van der Waals surface area contributed by atoms with E-state index < -0.39 is 0 Å². The van der Waals surface area contributed by atoms with Gasteiger partial charge >= 0.3 is 0 Å². The van der Waals surface area contributed by atoms with Crippen molar-refractivity contribution in [2.45, 2.75) is 45.1 Å². The van der Waals surface area contributed by atoms with E-state index in [0.717, 1.165) is 24.9 Å². The minimum atomic E-state index is 0.719. The molecule has 1 aliphatic carbocycles. The van der Waals surface area contributed by atoms with Gasteiger partial charge in [0, 0.05) is 6.61 Å². The van der Waals surface area contributed by atoms with Crippen molar-refractivity contribution in [2.75, 3.05) is 13.7 Å². The summed E-state index contributed by atoms with van der Waals surface area (Å²) in [6.07, 6.45) is 8.32. The van der Waals surface area contributed by atoms with Crippen molar-refractivity contribution in [3.63, 3.8) is 0 Å². The maximum atomic E-state index is 5.76. The van der Waals surface area contributed by atoms with Gasteiger partial charge in [-0.05, 0) is 30.0 Å². The number of benzene rings is 1. The predicted octanol–water partition coefficient (Wildman–Crippen LogP) is 4.18. The van der Waals surface area contributed by atoms with Gasteiger partial charge in [-0.15, -0.1) is 0 Å². The number of ether oxygens (including phenoxy) is 2. The van der Waals surface area contributed by atoms with Crippen LogP contribution in [0.3, 0.4) is 0 Å². The third-order valence-electron chi connectivity index (χ3n) is 3.82. The van der Waals surface area contributed by atoms with E-state index in [1.165, 1.54) is 44.1 Å². The summed E-state index contributed by atoms with van der Waals surface area (Å²) in [6, 6.07) is 8.11. The normalized spacial score (nSPS) is 16.7. The molecule has 0 radical (unpaired) electrons. The molecular weight excluding hydrogens is 224 g/mol. The Kier molecular flexibility index (Phi) is 5.53. The molecule has 1 fully saturated rings. The third-order valence-corrected chi connectivity index (χ3v) is 3.82. The van der Waals surface area contributed by atoms with E-state index in [1.807, 2.05) is 12.1 Å². The Labute approximate surface area is 110 Å². The molecule has 0 bridgehead atoms. The van der Waals surface area contributed by atoms with E-state index in [0.29, 0.717) is 0 Å². The molecule has 0 spiro atoms. The Morgan fingerprint density at radius 3 is 2.44 bits per heavy atom. The van der Waals surface area contributed by atoms with Gasteiger partial charge in [0.1, 0.15) is 5.75 Å². The highest BCUT2D eigenvalue weighted by molar-refractivity contribution is 5.26. The molecular formula is C16H24O2. The van der Waals surface area contributed by atoms with Gasteiger partial charge in [-0.3, -0.25) is 0 Å². The zero-order valence-electron chi connectivity index (χ0n) is 11.4. The van der Waals surface area contributed by atoms with Crippen LogP contribution in [0, 0.1) is 5.92 Å². The van der Waals surface area contributed by atoms with Crippen molar-refractivity contribution in [3.05, 3.63) is 29.8 Å². The lowest BCUT2D eigenvalue weighted by molar-refractivity contribution is 0.101. The first-order chi connectivity index (χ1) is 8.88. The summed E-state index contributed by atoms with van der Waals surface area (Å²) in [6.45, 7) is 1.62. The zero-order chi connectivity index (χ0) is 12.6. The molecule has 1 aromatic carbocycles. The summed E-state index contributed by atoms with van der Waals surface area (Å²) < 4.78 is 10.9. The maximum Gasteiger partial charge on any atom is 0.118 e. The van der Waals surface area contributed by atoms with Crippen LogP contribution >= 0.6 is 0 Å². The molecule has 0 saturated heterocycles. The average molecular weight is 248 g/mol. The molecule has 0 heterocycles. The lowest BCUT2D eigenvalue weighted by Crippen LogP contribution is -2.09. The highest BCUT2D eigenvalue weighted by Gasteiger charge is 2.12. The van der Waals surface area contributed by atoms with Crippen LogP contribution < -0.4 is 4.74 Å². The van der Waals surface area contributed by atoms with Crippen molar-refractivity contribution in [1.82, 2.24) is 0 Å². The summed E-state index contributed by atoms with van der Waals surface area (Å²) >= 11 is 0. The predicted molar refractivity (Wildman–Crippen MR) is 73.8 cm³/mol. The fourth-order valence-electron chi connectivity index (χ4n) is 2.64. The highest BCUT2D eigenvalue weighted by Crippen LogP contribution is 2.26. The van der Waals surface area contributed by atoms with Crippen LogP contribution in [0.5, 0.6) is 5.75 Å². The number of hydrogen-bond acceptors (Lipinski definition) is 2. The lowest BCUT2D eigenvalue weighted by Gasteiger charge is -2.21. The Balaban J connectivity index is 1.62. The number of methoxy groups -OCH3 is 1. The van der Waals surface area contributed by atoms with Crippen LogP contribution in [-0.2, 0) is 11.3 Å². The Bertz CT molecular complexity index is 325. The average Bonchev–Trinajstić information content (AvgIpc) is 2.45. The zero-order valence-corrected chi connectivity index (χ0v) is 11.4. The summed E-state index contributed by atoms with van der Waals surface area (Å²) in [7, 11) is 1.69. The van der Waals surface area contributed by atoms with Crippen LogP contribution in [0.2, 0.25) is 0 Å². The van der Waals surface area contributed by atoms with Crippen molar-refractivity contribution >= 4 is 0 Å². The van der Waals surface area contributed by atoms with E-state index in [2.05, 4.69) is 12.1 Å². The maximum absolute atomic E-state index is 5.76. The summed E-state index contributed by atoms with van der Waals surface area (Å²) in [5, 5.41) is 0. The van der Waals surface area contributed by atoms with Crippen LogP contribution in [0.15, 0.2) is 24.3 Å². The van der Waals surface area contributed by atoms with Gasteiger partial charge in [0.25, 0.3) is 0 Å². The molecule has 0 N–H and O–H groups in total. The molecule has 2 rings (SSSR count). The van der Waals surface area contributed by atoms with E-state index in [1.54, 1.807) is 7.11 Å². The van der Waals surface area contributed by atoms with E-state index in [9.17, 15) is 0 Å². The van der Waals surface area contributed by atoms with Crippen LogP contribution in [0.25, 0.3) is 0 Å². The molecule has 2 heteroatoms. The quantitative estimate of drug-likeness (QED) is 0.703. The molecule has 0 atom stereocenters. The van der Waals surface area contributed by atoms with Gasteiger partial charge in [0.2, 0.25) is 0 Å². The van der Waals surface area contributed by atoms with Gasteiger partial charge < -0.3 is 9.47 Å². The van der Waals surface area contributed by atoms with Crippen molar-refractivity contribution < 1.29 is 9.47 Å². The molecule has 0 aromatic heterocycles. The topological polar surface area (TPSA) is 18.5 Å². The molecule has 1 aliphatic rings. The van der Waals surface area contributed by atoms with Gasteiger partial charge in [0.15, 0.2) is 0 Å². The van der Waals surface area contributed by atoms with Gasteiger partial charge in [-0.2, -0.15) is 0 Å². The first-order valence-corrected chi connectivity index (χ1v) is 7.09. The fraction of sp³-hybridized carbons (Fsp3) is 0.625. The second-order valence-corrected chi connectivity index (χ2v) is 5.19. The van der Waals surface area contributed by atoms with Gasteiger partial charge in [0.05, 0.1) is 13.7 Å². The molecule has 0 amide bonds. The first kappa shape index (κ1) is 13.4. The largest absolute Gasteiger partial charge is 0.497 e. The smallest absolute Gasteiger partial charge is 0.118 e. The molecule has 0 aliphatic heterocycles. The SMILES string of the molecule is COc1ccc(COCCC2CCCCC2)cc1. The summed E-state index contributed by atoms with van der Waals surface area (Å²) in [5.74, 6) is 1.82.